The van der Waals surface area contributed by atoms with Crippen LogP contribution in [-0.2, 0) is 4.79 Å². The third kappa shape index (κ3) is 2.92. The van der Waals surface area contributed by atoms with Crippen LogP contribution in [-0.4, -0.2) is 28.9 Å². The minimum atomic E-state index is -1.05. The van der Waals surface area contributed by atoms with Crippen LogP contribution in [0.4, 0.5) is 4.39 Å². The van der Waals surface area contributed by atoms with Crippen molar-refractivity contribution >= 4 is 23.8 Å². The number of carbonyl (C=O) groups is 1. The second-order valence-corrected chi connectivity index (χ2v) is 8.23. The molecule has 3 atom stereocenters. The minimum Gasteiger partial charge on any atom is -0.480 e. The van der Waals surface area contributed by atoms with Crippen molar-refractivity contribution in [1.82, 2.24) is 5.32 Å². The molecule has 3 rings (SSSR count). The van der Waals surface area contributed by atoms with Gasteiger partial charge in [-0.1, -0.05) is 67.3 Å². The van der Waals surface area contributed by atoms with Crippen molar-refractivity contribution in [3.63, 3.8) is 0 Å². The van der Waals surface area contributed by atoms with E-state index in [1.807, 2.05) is 13.0 Å². The van der Waals surface area contributed by atoms with Crippen molar-refractivity contribution in [2.24, 2.45) is 5.41 Å². The van der Waals surface area contributed by atoms with Gasteiger partial charge in [0.2, 0.25) is 0 Å². The predicted octanol–water partition coefficient (Wildman–Crippen LogP) is 5.09. The van der Waals surface area contributed by atoms with E-state index in [-0.39, 0.29) is 10.6 Å². The Hall–Kier alpha value is -1.98. The Morgan fingerprint density at radius 1 is 1.39 bits per heavy atom. The molecular formula is C22H26ClFN2O2. The van der Waals surface area contributed by atoms with Gasteiger partial charge in [-0.3, -0.25) is 10.1 Å². The summed E-state index contributed by atoms with van der Waals surface area (Å²) in [5, 5.41) is 21.8. The second-order valence-electron chi connectivity index (χ2n) is 7.82. The van der Waals surface area contributed by atoms with Gasteiger partial charge >= 0.3 is 5.97 Å². The fraction of sp³-hybridized carbons (Fsp3) is 0.455. The van der Waals surface area contributed by atoms with Crippen molar-refractivity contribution in [2.45, 2.75) is 56.5 Å². The summed E-state index contributed by atoms with van der Waals surface area (Å²) in [7, 11) is 0. The van der Waals surface area contributed by atoms with E-state index < -0.39 is 34.7 Å². The van der Waals surface area contributed by atoms with Crippen molar-refractivity contribution in [2.75, 3.05) is 0 Å². The molecule has 4 nitrogen and oxygen atoms in total. The molecular weight excluding hydrogens is 379 g/mol. The van der Waals surface area contributed by atoms with E-state index in [4.69, 9.17) is 17.0 Å². The minimum absolute atomic E-state index is 0.0459. The number of halogens is 2. The van der Waals surface area contributed by atoms with Crippen molar-refractivity contribution < 1.29 is 14.3 Å². The van der Waals surface area contributed by atoms with E-state index in [0.29, 0.717) is 0 Å². The number of aliphatic carboxylic acids is 1. The van der Waals surface area contributed by atoms with E-state index in [1.165, 1.54) is 12.3 Å². The summed E-state index contributed by atoms with van der Waals surface area (Å²) < 4.78 is 15.1. The fourth-order valence-electron chi connectivity index (χ4n) is 5.44. The molecule has 2 aliphatic rings. The van der Waals surface area contributed by atoms with E-state index >= 15 is 4.39 Å². The summed E-state index contributed by atoms with van der Waals surface area (Å²) in [5.41, 5.74) is -0.579. The lowest BCUT2D eigenvalue weighted by molar-refractivity contribution is -0.139. The molecule has 1 aromatic rings. The molecule has 3 N–H and O–H groups in total. The molecule has 1 spiro atoms. The normalized spacial score (nSPS) is 29.6. The number of benzene rings is 1. The summed E-state index contributed by atoms with van der Waals surface area (Å²) in [4.78, 5) is 12.3. The number of hydrogen-bond donors (Lipinski definition) is 3. The molecule has 1 aliphatic heterocycles. The van der Waals surface area contributed by atoms with Crippen LogP contribution >= 0.6 is 11.6 Å². The summed E-state index contributed by atoms with van der Waals surface area (Å²) in [6, 6.07) is 3.64. The van der Waals surface area contributed by atoms with Crippen molar-refractivity contribution in [3.8, 4) is 0 Å². The maximum atomic E-state index is 15.1. The zero-order valence-corrected chi connectivity index (χ0v) is 16.7. The average Bonchev–Trinajstić information content (AvgIpc) is 2.95. The molecule has 0 amide bonds. The van der Waals surface area contributed by atoms with E-state index in [0.717, 1.165) is 37.7 Å². The molecule has 0 bridgehead atoms. The van der Waals surface area contributed by atoms with Gasteiger partial charge in [0.05, 0.1) is 10.4 Å². The lowest BCUT2D eigenvalue weighted by Crippen LogP contribution is -2.56. The van der Waals surface area contributed by atoms with Gasteiger partial charge in [-0.2, -0.15) is 0 Å². The van der Waals surface area contributed by atoms with Gasteiger partial charge in [-0.25, -0.2) is 4.39 Å². The first-order valence-electron chi connectivity index (χ1n) is 9.60. The second kappa shape index (κ2) is 7.80. The first-order chi connectivity index (χ1) is 13.3. The third-order valence-corrected chi connectivity index (χ3v) is 6.88. The summed E-state index contributed by atoms with van der Waals surface area (Å²) in [6.07, 6.45) is 9.16. The van der Waals surface area contributed by atoms with Gasteiger partial charge in [0.1, 0.15) is 11.9 Å². The Bertz CT molecular complexity index is 832. The van der Waals surface area contributed by atoms with Crippen LogP contribution in [0, 0.1) is 16.6 Å². The van der Waals surface area contributed by atoms with Crippen LogP contribution < -0.4 is 5.32 Å². The molecule has 2 fully saturated rings. The monoisotopic (exact) mass is 404 g/mol. The topological polar surface area (TPSA) is 73.2 Å². The Labute approximate surface area is 170 Å². The molecule has 1 heterocycles. The predicted molar refractivity (Wildman–Crippen MR) is 110 cm³/mol. The lowest BCUT2D eigenvalue weighted by Gasteiger charge is -2.49. The highest BCUT2D eigenvalue weighted by atomic mass is 35.5. The maximum Gasteiger partial charge on any atom is 0.321 e. The number of allylic oxidation sites excluding steroid dienone is 2. The highest BCUT2D eigenvalue weighted by molar-refractivity contribution is 6.30. The van der Waals surface area contributed by atoms with Gasteiger partial charge < -0.3 is 10.5 Å². The van der Waals surface area contributed by atoms with Gasteiger partial charge in [-0.05, 0) is 31.4 Å². The lowest BCUT2D eigenvalue weighted by atomic mass is 9.55. The Kier molecular flexibility index (Phi) is 5.78. The number of rotatable bonds is 5. The molecule has 1 saturated heterocycles. The molecule has 6 heteroatoms. The molecule has 0 radical (unpaired) electrons. The standard InChI is InChI=1S/C22H26ClFN2O2/c1-3-8-14(2)22(13-25)17(15-9-7-10-16(23)18(15)24)19(20(27)28)26-21(22)11-5-4-6-12-21/h3,7-10,13,17,19,25-26H,1,4-6,11-12H2,2H3,(H,27,28). The highest BCUT2D eigenvalue weighted by Crippen LogP contribution is 2.60. The number of carboxylic acid groups (broad SMARTS) is 1. The van der Waals surface area contributed by atoms with Gasteiger partial charge in [0, 0.05) is 17.7 Å². The molecule has 1 aliphatic carbocycles. The molecule has 3 unspecified atom stereocenters. The largest absolute Gasteiger partial charge is 0.480 e. The van der Waals surface area contributed by atoms with Crippen molar-refractivity contribution in [1.29, 1.82) is 5.41 Å². The van der Waals surface area contributed by atoms with Gasteiger partial charge in [-0.15, -0.1) is 0 Å². The van der Waals surface area contributed by atoms with Gasteiger partial charge in [0.15, 0.2) is 0 Å². The molecule has 28 heavy (non-hydrogen) atoms. The van der Waals surface area contributed by atoms with Crippen LogP contribution in [0.3, 0.4) is 0 Å². The number of nitrogens with one attached hydrogen (secondary N) is 2. The van der Waals surface area contributed by atoms with Crippen LogP contribution in [0.15, 0.2) is 42.5 Å². The third-order valence-electron chi connectivity index (χ3n) is 6.59. The van der Waals surface area contributed by atoms with E-state index in [1.54, 1.807) is 18.2 Å². The fourth-order valence-corrected chi connectivity index (χ4v) is 5.63. The van der Waals surface area contributed by atoms with Crippen molar-refractivity contribution in [3.05, 3.63) is 58.9 Å². The van der Waals surface area contributed by atoms with Crippen LogP contribution in [0.5, 0.6) is 0 Å². The van der Waals surface area contributed by atoms with Crippen LogP contribution in [0.2, 0.25) is 5.02 Å². The Morgan fingerprint density at radius 2 is 2.07 bits per heavy atom. The van der Waals surface area contributed by atoms with Crippen LogP contribution in [0.25, 0.3) is 0 Å². The SMILES string of the molecule is C=CC=C(C)C1(C=N)C(c2cccc(Cl)c2F)C(C(=O)O)NC12CCCCC2. The first-order valence-corrected chi connectivity index (χ1v) is 9.98. The Morgan fingerprint density at radius 3 is 2.64 bits per heavy atom. The van der Waals surface area contributed by atoms with Crippen LogP contribution in [0.1, 0.15) is 50.5 Å². The zero-order valence-electron chi connectivity index (χ0n) is 16.0. The number of carboxylic acids is 1. The smallest absolute Gasteiger partial charge is 0.321 e. The first kappa shape index (κ1) is 20.7. The van der Waals surface area contributed by atoms with E-state index in [2.05, 4.69) is 11.9 Å². The zero-order chi connectivity index (χ0) is 20.5. The summed E-state index contributed by atoms with van der Waals surface area (Å²) in [6.45, 7) is 5.65. The Balaban J connectivity index is 2.34. The van der Waals surface area contributed by atoms with Gasteiger partial charge in [0.25, 0.3) is 0 Å². The van der Waals surface area contributed by atoms with E-state index in [9.17, 15) is 9.90 Å². The average molecular weight is 405 g/mol. The molecule has 1 saturated carbocycles. The maximum absolute atomic E-state index is 15.1. The number of hydrogen-bond acceptors (Lipinski definition) is 3. The quantitative estimate of drug-likeness (QED) is 0.472. The molecule has 1 aromatic carbocycles. The summed E-state index contributed by atoms with van der Waals surface area (Å²) in [5.74, 6) is -2.47. The molecule has 0 aromatic heterocycles. The molecule has 150 valence electrons. The highest BCUT2D eigenvalue weighted by Gasteiger charge is 2.65. The summed E-state index contributed by atoms with van der Waals surface area (Å²) >= 11 is 6.04.